The van der Waals surface area contributed by atoms with Gasteiger partial charge >= 0.3 is 5.69 Å². The highest BCUT2D eigenvalue weighted by Gasteiger charge is 2.20. The van der Waals surface area contributed by atoms with E-state index >= 15 is 0 Å². The lowest BCUT2D eigenvalue weighted by Gasteiger charge is -2.12. The van der Waals surface area contributed by atoms with Gasteiger partial charge in [0.25, 0.3) is 0 Å². The van der Waals surface area contributed by atoms with Crippen LogP contribution < -0.4 is 4.72 Å². The van der Waals surface area contributed by atoms with Gasteiger partial charge in [-0.2, -0.15) is 4.39 Å². The van der Waals surface area contributed by atoms with E-state index in [9.17, 15) is 22.9 Å². The Morgan fingerprint density at radius 2 is 2.15 bits per heavy atom. The molecule has 1 N–H and O–H groups in total. The van der Waals surface area contributed by atoms with Crippen molar-refractivity contribution in [2.45, 2.75) is 11.8 Å². The number of hydrogen-bond acceptors (Lipinski definition) is 5. The second-order valence-electron chi connectivity index (χ2n) is 4.28. The first-order valence-electron chi connectivity index (χ1n) is 5.70. The van der Waals surface area contributed by atoms with Gasteiger partial charge < -0.3 is 4.74 Å². The molecule has 0 aromatic heterocycles. The minimum atomic E-state index is -3.91. The quantitative estimate of drug-likeness (QED) is 0.604. The molecule has 0 fully saturated rings. The molecule has 0 saturated heterocycles. The van der Waals surface area contributed by atoms with E-state index in [0.29, 0.717) is 12.7 Å². The first-order valence-corrected chi connectivity index (χ1v) is 7.18. The monoisotopic (exact) mass is 306 g/mol. The highest BCUT2D eigenvalue weighted by molar-refractivity contribution is 7.89. The van der Waals surface area contributed by atoms with E-state index < -0.39 is 26.5 Å². The summed E-state index contributed by atoms with van der Waals surface area (Å²) in [5, 5.41) is 10.5. The molecule has 1 atom stereocenters. The molecule has 0 radical (unpaired) electrons. The standard InChI is InChI=1S/C11H15FN2O5S/c1-8(7-19-2)6-13-20(17,18)9-3-4-11(14(15)16)10(12)5-9/h3-5,8,13H,6-7H2,1-2H3. The van der Waals surface area contributed by atoms with E-state index in [2.05, 4.69) is 4.72 Å². The maximum atomic E-state index is 13.4. The van der Waals surface area contributed by atoms with Crippen molar-refractivity contribution < 1.29 is 22.5 Å². The average Bonchev–Trinajstić information content (AvgIpc) is 2.36. The number of benzene rings is 1. The molecule has 1 unspecified atom stereocenters. The summed E-state index contributed by atoms with van der Waals surface area (Å²) in [6, 6.07) is 2.44. The molecule has 1 rings (SSSR count). The first kappa shape index (κ1) is 16.5. The van der Waals surface area contributed by atoms with Gasteiger partial charge in [-0.05, 0) is 12.0 Å². The predicted molar refractivity (Wildman–Crippen MR) is 69.3 cm³/mol. The highest BCUT2D eigenvalue weighted by Crippen LogP contribution is 2.20. The number of nitro benzene ring substituents is 1. The first-order chi connectivity index (χ1) is 9.27. The van der Waals surface area contributed by atoms with Crippen LogP contribution in [0.3, 0.4) is 0 Å². The highest BCUT2D eigenvalue weighted by atomic mass is 32.2. The van der Waals surface area contributed by atoms with Crippen LogP contribution in [0.15, 0.2) is 23.1 Å². The molecule has 0 aliphatic heterocycles. The summed E-state index contributed by atoms with van der Waals surface area (Å²) >= 11 is 0. The van der Waals surface area contributed by atoms with Crippen molar-refractivity contribution in [2.75, 3.05) is 20.3 Å². The smallest absolute Gasteiger partial charge is 0.304 e. The van der Waals surface area contributed by atoms with E-state index in [0.717, 1.165) is 12.1 Å². The van der Waals surface area contributed by atoms with Crippen LogP contribution in [-0.4, -0.2) is 33.6 Å². The molecule has 0 aliphatic carbocycles. The fraction of sp³-hybridized carbons (Fsp3) is 0.455. The number of nitro groups is 1. The number of ether oxygens (including phenoxy) is 1. The van der Waals surface area contributed by atoms with Crippen molar-refractivity contribution >= 4 is 15.7 Å². The second kappa shape index (κ2) is 6.73. The van der Waals surface area contributed by atoms with Gasteiger partial charge in [-0.1, -0.05) is 6.92 Å². The van der Waals surface area contributed by atoms with Crippen LogP contribution in [0, 0.1) is 21.8 Å². The molecule has 9 heteroatoms. The molecule has 0 amide bonds. The van der Waals surface area contributed by atoms with E-state index in [1.807, 2.05) is 0 Å². The van der Waals surface area contributed by atoms with Gasteiger partial charge in [0.2, 0.25) is 15.8 Å². The maximum absolute atomic E-state index is 13.4. The number of rotatable bonds is 7. The number of halogens is 1. The van der Waals surface area contributed by atoms with Gasteiger partial charge in [-0.15, -0.1) is 0 Å². The van der Waals surface area contributed by atoms with Crippen LogP contribution in [0.25, 0.3) is 0 Å². The second-order valence-corrected chi connectivity index (χ2v) is 6.05. The third-order valence-electron chi connectivity index (χ3n) is 2.50. The van der Waals surface area contributed by atoms with Crippen molar-refractivity contribution in [2.24, 2.45) is 5.92 Å². The third-order valence-corrected chi connectivity index (χ3v) is 3.92. The Kier molecular flexibility index (Phi) is 5.54. The lowest BCUT2D eigenvalue weighted by Crippen LogP contribution is -2.30. The summed E-state index contributed by atoms with van der Waals surface area (Å²) in [5.74, 6) is -1.25. The van der Waals surface area contributed by atoms with Crippen LogP contribution in [0.1, 0.15) is 6.92 Å². The van der Waals surface area contributed by atoms with E-state index in [1.54, 1.807) is 6.92 Å². The van der Waals surface area contributed by atoms with Gasteiger partial charge in [0.15, 0.2) is 0 Å². The van der Waals surface area contributed by atoms with Gasteiger partial charge in [0, 0.05) is 32.4 Å². The summed E-state index contributed by atoms with van der Waals surface area (Å²) in [6.07, 6.45) is 0. The number of methoxy groups -OCH3 is 1. The zero-order chi connectivity index (χ0) is 15.3. The van der Waals surface area contributed by atoms with Crippen molar-refractivity contribution in [1.82, 2.24) is 4.72 Å². The predicted octanol–water partition coefficient (Wildman–Crippen LogP) is 1.29. The molecule has 0 saturated carbocycles. The molecule has 20 heavy (non-hydrogen) atoms. The zero-order valence-corrected chi connectivity index (χ0v) is 11.8. The lowest BCUT2D eigenvalue weighted by molar-refractivity contribution is -0.387. The van der Waals surface area contributed by atoms with Crippen LogP contribution in [0.5, 0.6) is 0 Å². The maximum Gasteiger partial charge on any atom is 0.304 e. The van der Waals surface area contributed by atoms with Crippen LogP contribution in [-0.2, 0) is 14.8 Å². The topological polar surface area (TPSA) is 98.5 Å². The molecule has 1 aromatic carbocycles. The third kappa shape index (κ3) is 4.22. The minimum absolute atomic E-state index is 0.0577. The van der Waals surface area contributed by atoms with Gasteiger partial charge in [0.1, 0.15) is 0 Å². The van der Waals surface area contributed by atoms with Crippen molar-refractivity contribution in [3.63, 3.8) is 0 Å². The SMILES string of the molecule is COCC(C)CNS(=O)(=O)c1ccc([N+](=O)[O-])c(F)c1. The number of hydrogen-bond donors (Lipinski definition) is 1. The van der Waals surface area contributed by atoms with Gasteiger partial charge in [-0.25, -0.2) is 13.1 Å². The van der Waals surface area contributed by atoms with Gasteiger partial charge in [0.05, 0.1) is 9.82 Å². The Bertz CT molecular complexity index is 590. The minimum Gasteiger partial charge on any atom is -0.384 e. The fourth-order valence-corrected chi connectivity index (χ4v) is 2.66. The molecule has 7 nitrogen and oxygen atoms in total. The van der Waals surface area contributed by atoms with E-state index in [-0.39, 0.29) is 17.4 Å². The summed E-state index contributed by atoms with van der Waals surface area (Å²) in [4.78, 5) is 9.18. The summed E-state index contributed by atoms with van der Waals surface area (Å²) in [6.45, 7) is 2.27. The summed E-state index contributed by atoms with van der Waals surface area (Å²) in [7, 11) is -2.41. The van der Waals surface area contributed by atoms with Crippen LogP contribution >= 0.6 is 0 Å². The Hall–Kier alpha value is -1.58. The number of nitrogens with one attached hydrogen (secondary N) is 1. The van der Waals surface area contributed by atoms with Crippen molar-refractivity contribution in [1.29, 1.82) is 0 Å². The van der Waals surface area contributed by atoms with Crippen LogP contribution in [0.4, 0.5) is 10.1 Å². The normalized spacial score (nSPS) is 13.2. The molecule has 0 heterocycles. The fourth-order valence-electron chi connectivity index (χ4n) is 1.48. The molecule has 0 bridgehead atoms. The van der Waals surface area contributed by atoms with E-state index in [1.165, 1.54) is 7.11 Å². The number of sulfonamides is 1. The Morgan fingerprint density at radius 3 is 2.65 bits per heavy atom. The van der Waals surface area contributed by atoms with Crippen LogP contribution in [0.2, 0.25) is 0 Å². The largest absolute Gasteiger partial charge is 0.384 e. The summed E-state index contributed by atoms with van der Waals surface area (Å²) in [5.41, 5.74) is -0.767. The van der Waals surface area contributed by atoms with Gasteiger partial charge in [-0.3, -0.25) is 10.1 Å². The molecule has 0 spiro atoms. The Labute approximate surface area is 115 Å². The van der Waals surface area contributed by atoms with E-state index in [4.69, 9.17) is 4.74 Å². The molecule has 112 valence electrons. The molecule has 1 aromatic rings. The van der Waals surface area contributed by atoms with Crippen molar-refractivity contribution in [3.8, 4) is 0 Å². The average molecular weight is 306 g/mol. The summed E-state index contributed by atoms with van der Waals surface area (Å²) < 4.78 is 44.3. The van der Waals surface area contributed by atoms with Crippen molar-refractivity contribution in [3.05, 3.63) is 34.1 Å². The molecular formula is C11H15FN2O5S. The Balaban J connectivity index is 2.88. The molecule has 0 aliphatic rings. The lowest BCUT2D eigenvalue weighted by atomic mass is 10.2. The zero-order valence-electron chi connectivity index (χ0n) is 11.0. The molecular weight excluding hydrogens is 291 g/mol. The Morgan fingerprint density at radius 1 is 1.50 bits per heavy atom. The number of nitrogens with zero attached hydrogens (tertiary/aromatic N) is 1.